The minimum absolute atomic E-state index is 0.248. The quantitative estimate of drug-likeness (QED) is 0.0215. The number of nitrogens with one attached hydrogen (secondary N) is 1. The third-order valence-electron chi connectivity index (χ3n) is 17.9. The van der Waals surface area contributed by atoms with Crippen molar-refractivity contribution in [1.82, 2.24) is 5.32 Å². The van der Waals surface area contributed by atoms with Gasteiger partial charge >= 0.3 is 0 Å². The number of unbranched alkanes of at least 4 members (excludes halogenated alkanes) is 47. The second kappa shape index (κ2) is 62.5. The number of rotatable bonds is 65. The zero-order chi connectivity index (χ0) is 61.7. The van der Waals surface area contributed by atoms with Crippen molar-refractivity contribution in [1.29, 1.82) is 0 Å². The van der Waals surface area contributed by atoms with Gasteiger partial charge in [-0.2, -0.15) is 0 Å². The molecule has 1 amide bonds. The summed E-state index contributed by atoms with van der Waals surface area (Å²) in [6.45, 7) is 3.50. The molecule has 0 aliphatic carbocycles. The molecule has 1 aliphatic heterocycles. The molecule has 9 atom stereocenters. The standard InChI is InChI=1S/C74H141NO10/c1-3-5-7-9-11-13-15-17-19-21-23-25-27-29-31-33-34-36-37-39-41-43-45-47-49-51-53-55-57-59-61-66(77)69(79)65(64-84-74-72(82)71(81)70(80)68(63-76)85-74)75-73(83)67(78)62-60-58-56-54-52-50-48-46-44-42-40-38-35-32-30-28-26-24-22-20-18-16-14-12-10-8-6-4-2/h30,32,45,47,53,55,65-72,74,76-82H,3-29,31,33-44,46,48-52,54,56-64H2,1-2H3,(H,75,83)/b32-30-,47-45+,55-53+. The summed E-state index contributed by atoms with van der Waals surface area (Å²) in [5, 5.41) is 76.5. The predicted molar refractivity (Wildman–Crippen MR) is 358 cm³/mol. The van der Waals surface area contributed by atoms with Crippen molar-refractivity contribution in [3.05, 3.63) is 36.5 Å². The summed E-state index contributed by atoms with van der Waals surface area (Å²) in [6.07, 6.45) is 69.6. The zero-order valence-corrected chi connectivity index (χ0v) is 55.6. The Morgan fingerprint density at radius 3 is 1.05 bits per heavy atom. The molecule has 1 fully saturated rings. The number of carbonyl (C=O) groups excluding carboxylic acids is 1. The van der Waals surface area contributed by atoms with Crippen LogP contribution in [-0.4, -0.2) is 110 Å². The van der Waals surface area contributed by atoms with Gasteiger partial charge in [0.1, 0.15) is 36.6 Å². The number of allylic oxidation sites excluding steroid dienone is 6. The molecular formula is C74H141NO10. The molecule has 0 aromatic rings. The normalized spacial score (nSPS) is 19.0. The van der Waals surface area contributed by atoms with Crippen LogP contribution < -0.4 is 5.32 Å². The van der Waals surface area contributed by atoms with E-state index in [1.807, 2.05) is 0 Å². The van der Waals surface area contributed by atoms with E-state index in [4.69, 9.17) is 9.47 Å². The van der Waals surface area contributed by atoms with E-state index in [1.165, 1.54) is 276 Å². The van der Waals surface area contributed by atoms with E-state index in [9.17, 15) is 40.5 Å². The van der Waals surface area contributed by atoms with Crippen LogP contribution in [0.4, 0.5) is 0 Å². The van der Waals surface area contributed by atoms with E-state index >= 15 is 0 Å². The van der Waals surface area contributed by atoms with Crippen LogP contribution in [0.3, 0.4) is 0 Å². The summed E-state index contributed by atoms with van der Waals surface area (Å²) in [6, 6.07) is -1.19. The molecule has 11 nitrogen and oxygen atoms in total. The van der Waals surface area contributed by atoms with Crippen molar-refractivity contribution >= 4 is 5.91 Å². The van der Waals surface area contributed by atoms with Gasteiger partial charge in [-0.3, -0.25) is 4.79 Å². The Kier molecular flexibility index (Phi) is 59.8. The van der Waals surface area contributed by atoms with Gasteiger partial charge in [-0.15, -0.1) is 0 Å². The number of hydrogen-bond donors (Lipinski definition) is 8. The number of aliphatic hydroxyl groups excluding tert-OH is 7. The van der Waals surface area contributed by atoms with Crippen LogP contribution >= 0.6 is 0 Å². The van der Waals surface area contributed by atoms with E-state index < -0.39 is 74.2 Å². The van der Waals surface area contributed by atoms with Gasteiger partial charge in [-0.25, -0.2) is 0 Å². The van der Waals surface area contributed by atoms with Crippen molar-refractivity contribution in [2.45, 2.75) is 416 Å². The fourth-order valence-electron chi connectivity index (χ4n) is 12.0. The van der Waals surface area contributed by atoms with Gasteiger partial charge in [0, 0.05) is 0 Å². The fourth-order valence-corrected chi connectivity index (χ4v) is 12.0. The number of ether oxygens (including phenoxy) is 2. The Hall–Kier alpha value is -1.67. The minimum Gasteiger partial charge on any atom is -0.394 e. The molecule has 0 saturated carbocycles. The fraction of sp³-hybridized carbons (Fsp3) is 0.905. The Labute approximate surface area is 524 Å². The topological polar surface area (TPSA) is 189 Å². The van der Waals surface area contributed by atoms with Crippen LogP contribution in [0, 0.1) is 0 Å². The first-order valence-electron chi connectivity index (χ1n) is 36.9. The molecule has 1 aliphatic rings. The van der Waals surface area contributed by atoms with Gasteiger partial charge in [0.15, 0.2) is 6.29 Å². The average Bonchev–Trinajstić information content (AvgIpc) is 3.70. The number of hydrogen-bond acceptors (Lipinski definition) is 10. The molecule has 502 valence electrons. The lowest BCUT2D eigenvalue weighted by Gasteiger charge is -2.40. The lowest BCUT2D eigenvalue weighted by molar-refractivity contribution is -0.303. The number of aliphatic hydroxyl groups is 7. The molecule has 0 aromatic carbocycles. The lowest BCUT2D eigenvalue weighted by atomic mass is 9.98. The van der Waals surface area contributed by atoms with Gasteiger partial charge in [-0.1, -0.05) is 320 Å². The summed E-state index contributed by atoms with van der Waals surface area (Å²) in [5.41, 5.74) is 0. The van der Waals surface area contributed by atoms with Crippen molar-refractivity contribution in [3.63, 3.8) is 0 Å². The van der Waals surface area contributed by atoms with Crippen LogP contribution in [0.1, 0.15) is 361 Å². The van der Waals surface area contributed by atoms with E-state index in [1.54, 1.807) is 0 Å². The summed E-state index contributed by atoms with van der Waals surface area (Å²) in [7, 11) is 0. The second-order valence-electron chi connectivity index (χ2n) is 26.0. The molecule has 0 radical (unpaired) electrons. The Morgan fingerprint density at radius 2 is 0.706 bits per heavy atom. The van der Waals surface area contributed by atoms with Crippen LogP contribution in [0.15, 0.2) is 36.5 Å². The molecule has 9 unspecified atom stereocenters. The van der Waals surface area contributed by atoms with E-state index in [-0.39, 0.29) is 12.8 Å². The van der Waals surface area contributed by atoms with Gasteiger partial charge in [0.05, 0.1) is 25.4 Å². The summed E-state index contributed by atoms with van der Waals surface area (Å²) in [5.74, 6) is -0.706. The highest BCUT2D eigenvalue weighted by Gasteiger charge is 2.44. The first-order chi connectivity index (χ1) is 41.7. The summed E-state index contributed by atoms with van der Waals surface area (Å²) >= 11 is 0. The lowest BCUT2D eigenvalue weighted by Crippen LogP contribution is -2.60. The van der Waals surface area contributed by atoms with Crippen LogP contribution in [0.25, 0.3) is 0 Å². The Balaban J connectivity index is 2.21. The molecule has 0 aromatic heterocycles. The van der Waals surface area contributed by atoms with Gasteiger partial charge < -0.3 is 50.5 Å². The smallest absolute Gasteiger partial charge is 0.249 e. The first-order valence-corrected chi connectivity index (χ1v) is 36.9. The number of amides is 1. The molecule has 11 heteroatoms. The van der Waals surface area contributed by atoms with Crippen molar-refractivity contribution in [2.24, 2.45) is 0 Å². The molecule has 0 bridgehead atoms. The third-order valence-corrected chi connectivity index (χ3v) is 17.9. The largest absolute Gasteiger partial charge is 0.394 e. The Bertz CT molecular complexity index is 1480. The first kappa shape index (κ1) is 81.3. The van der Waals surface area contributed by atoms with Gasteiger partial charge in [0.2, 0.25) is 5.91 Å². The van der Waals surface area contributed by atoms with Gasteiger partial charge in [-0.05, 0) is 77.0 Å². The van der Waals surface area contributed by atoms with Crippen LogP contribution in [0.2, 0.25) is 0 Å². The molecule has 0 spiro atoms. The highest BCUT2D eigenvalue weighted by molar-refractivity contribution is 5.80. The maximum atomic E-state index is 13.3. The SMILES string of the molecule is CCCCCCCCCCCCCC/C=C\CCCCCCCCCCCCCCC(O)C(=O)NC(COC1OC(CO)C(O)C(O)C1O)C(O)C(O)CCC/C=C/CC/C=C/CCCCCCCCCCCCCCCCCCCCCCC. The number of carbonyl (C=O) groups is 1. The Morgan fingerprint density at radius 1 is 0.400 bits per heavy atom. The van der Waals surface area contributed by atoms with Crippen molar-refractivity contribution in [3.8, 4) is 0 Å². The minimum atomic E-state index is -1.67. The molecule has 1 saturated heterocycles. The highest BCUT2D eigenvalue weighted by Crippen LogP contribution is 2.24. The van der Waals surface area contributed by atoms with E-state index in [2.05, 4.69) is 55.6 Å². The second-order valence-corrected chi connectivity index (χ2v) is 26.0. The molecule has 85 heavy (non-hydrogen) atoms. The maximum absolute atomic E-state index is 13.3. The van der Waals surface area contributed by atoms with Crippen molar-refractivity contribution < 1.29 is 50.0 Å². The molecular weight excluding hydrogens is 1060 g/mol. The van der Waals surface area contributed by atoms with E-state index in [0.29, 0.717) is 19.3 Å². The average molecular weight is 1200 g/mol. The van der Waals surface area contributed by atoms with E-state index in [0.717, 1.165) is 38.5 Å². The van der Waals surface area contributed by atoms with Crippen LogP contribution in [0.5, 0.6) is 0 Å². The highest BCUT2D eigenvalue weighted by atomic mass is 16.7. The van der Waals surface area contributed by atoms with Gasteiger partial charge in [0.25, 0.3) is 0 Å². The monoisotopic (exact) mass is 1200 g/mol. The predicted octanol–water partition coefficient (Wildman–Crippen LogP) is 18.1. The maximum Gasteiger partial charge on any atom is 0.249 e. The summed E-state index contributed by atoms with van der Waals surface area (Å²) in [4.78, 5) is 13.3. The zero-order valence-electron chi connectivity index (χ0n) is 55.6. The summed E-state index contributed by atoms with van der Waals surface area (Å²) < 4.78 is 11.2. The van der Waals surface area contributed by atoms with Crippen molar-refractivity contribution in [2.75, 3.05) is 13.2 Å². The van der Waals surface area contributed by atoms with Crippen LogP contribution in [-0.2, 0) is 14.3 Å². The third kappa shape index (κ3) is 49.8. The molecule has 8 N–H and O–H groups in total. The molecule has 1 heterocycles. The molecule has 1 rings (SSSR count).